The first-order valence-corrected chi connectivity index (χ1v) is 10.7. The van der Waals surface area contributed by atoms with Gasteiger partial charge in [-0.1, -0.05) is 130 Å². The fourth-order valence-electron chi connectivity index (χ4n) is 1.24. The van der Waals surface area contributed by atoms with Crippen LogP contribution in [0, 0.1) is 0 Å². The highest BCUT2D eigenvalue weighted by atomic mass is 79.9. The minimum atomic E-state index is 1.13. The molecule has 0 unspecified atom stereocenters. The molecule has 0 nitrogen and oxygen atoms in total. The summed E-state index contributed by atoms with van der Waals surface area (Å²) in [5.41, 5.74) is 0. The van der Waals surface area contributed by atoms with Crippen molar-refractivity contribution in [2.24, 2.45) is 0 Å². The summed E-state index contributed by atoms with van der Waals surface area (Å²) in [5.74, 6) is 0. The predicted octanol–water partition coefficient (Wildman–Crippen LogP) is 9.40. The van der Waals surface area contributed by atoms with Crippen molar-refractivity contribution in [1.29, 1.82) is 0 Å². The van der Waals surface area contributed by atoms with E-state index >= 15 is 0 Å². The highest BCUT2D eigenvalue weighted by Crippen LogP contribution is 2.06. The Morgan fingerprint density at radius 3 is 0.600 bits per heavy atom. The average Bonchev–Trinajstić information content (AvgIpc) is 2.68. The number of rotatable bonds is 0. The van der Waals surface area contributed by atoms with E-state index < -0.39 is 0 Å². The molecule has 0 aliphatic carbocycles. The zero-order valence-electron chi connectivity index (χ0n) is 15.3. The van der Waals surface area contributed by atoms with Gasteiger partial charge >= 0.3 is 0 Å². The first kappa shape index (κ1) is 26.3. The first-order chi connectivity index (χ1) is 12.2. The molecule has 0 saturated carbocycles. The van der Waals surface area contributed by atoms with Crippen LogP contribution >= 0.6 is 47.8 Å². The lowest BCUT2D eigenvalue weighted by Gasteiger charge is -1.80. The van der Waals surface area contributed by atoms with E-state index in [9.17, 15) is 0 Å². The number of benzene rings is 3. The summed E-state index contributed by atoms with van der Waals surface area (Å²) < 4.78 is 3.40. The van der Waals surface area contributed by atoms with Gasteiger partial charge in [0.05, 0.1) is 0 Å². The Morgan fingerprint density at radius 1 is 0.360 bits per heavy atom. The third-order valence-corrected chi connectivity index (χ3v) is 3.79. The van der Waals surface area contributed by atoms with Gasteiger partial charge in [-0.2, -0.15) is 0 Å². The zero-order chi connectivity index (χ0) is 19.3. The SMILES string of the molecule is Brc1ccccc1.Brc1ccccc1.Brc1ccccc1.CC.CC. The van der Waals surface area contributed by atoms with E-state index in [1.807, 2.05) is 119 Å². The highest BCUT2D eigenvalue weighted by molar-refractivity contribution is 9.11. The molecule has 0 heterocycles. The van der Waals surface area contributed by atoms with Crippen LogP contribution in [0.3, 0.4) is 0 Å². The molecule has 25 heavy (non-hydrogen) atoms. The van der Waals surface area contributed by atoms with Crippen molar-refractivity contribution in [3.05, 3.63) is 104 Å². The lowest BCUT2D eigenvalue weighted by atomic mass is 10.4. The quantitative estimate of drug-likeness (QED) is 0.271. The fraction of sp³-hybridized carbons (Fsp3) is 0.182. The smallest absolute Gasteiger partial charge is 0.0175 e. The summed E-state index contributed by atoms with van der Waals surface area (Å²) in [5, 5.41) is 0. The third-order valence-electron chi connectivity index (χ3n) is 2.20. The molecule has 3 heteroatoms. The van der Waals surface area contributed by atoms with Gasteiger partial charge in [0.15, 0.2) is 0 Å². The van der Waals surface area contributed by atoms with Gasteiger partial charge in [0.1, 0.15) is 0 Å². The summed E-state index contributed by atoms with van der Waals surface area (Å²) in [7, 11) is 0. The van der Waals surface area contributed by atoms with Crippen molar-refractivity contribution in [2.45, 2.75) is 27.7 Å². The molecule has 3 aromatic rings. The second kappa shape index (κ2) is 21.1. The van der Waals surface area contributed by atoms with E-state index in [1.165, 1.54) is 0 Å². The molecule has 0 spiro atoms. The molecule has 0 fully saturated rings. The Hall–Kier alpha value is -0.900. The summed E-state index contributed by atoms with van der Waals surface area (Å²) in [6.07, 6.45) is 0. The van der Waals surface area contributed by atoms with E-state index in [0.29, 0.717) is 0 Å². The van der Waals surface area contributed by atoms with Gasteiger partial charge in [0, 0.05) is 13.4 Å². The molecule has 0 atom stereocenters. The van der Waals surface area contributed by atoms with Crippen molar-refractivity contribution < 1.29 is 0 Å². The highest BCUT2D eigenvalue weighted by Gasteiger charge is 1.75. The second-order valence-electron chi connectivity index (χ2n) is 3.89. The second-order valence-corrected chi connectivity index (χ2v) is 6.63. The number of hydrogen-bond acceptors (Lipinski definition) is 0. The van der Waals surface area contributed by atoms with Crippen molar-refractivity contribution in [3.63, 3.8) is 0 Å². The van der Waals surface area contributed by atoms with E-state index in [4.69, 9.17) is 0 Å². The molecular formula is C22H27Br3. The maximum atomic E-state index is 3.31. The van der Waals surface area contributed by atoms with E-state index in [0.717, 1.165) is 13.4 Å². The molecular weight excluding hydrogens is 504 g/mol. The maximum absolute atomic E-state index is 3.31. The van der Waals surface area contributed by atoms with Gasteiger partial charge in [-0.15, -0.1) is 0 Å². The van der Waals surface area contributed by atoms with Crippen LogP contribution in [-0.2, 0) is 0 Å². The maximum Gasteiger partial charge on any atom is 0.0175 e. The fourth-order valence-corrected chi connectivity index (χ4v) is 2.16. The van der Waals surface area contributed by atoms with Crippen LogP contribution in [0.2, 0.25) is 0 Å². The van der Waals surface area contributed by atoms with E-state index in [-0.39, 0.29) is 0 Å². The Labute approximate surface area is 179 Å². The molecule has 0 aromatic heterocycles. The van der Waals surface area contributed by atoms with Gasteiger partial charge in [0.2, 0.25) is 0 Å². The monoisotopic (exact) mass is 528 g/mol. The molecule has 0 radical (unpaired) electrons. The summed E-state index contributed by atoms with van der Waals surface area (Å²) in [4.78, 5) is 0. The van der Waals surface area contributed by atoms with Crippen LogP contribution in [-0.4, -0.2) is 0 Å². The normalized spacial score (nSPS) is 7.80. The van der Waals surface area contributed by atoms with Gasteiger partial charge in [-0.3, -0.25) is 0 Å². The van der Waals surface area contributed by atoms with Gasteiger partial charge < -0.3 is 0 Å². The lowest BCUT2D eigenvalue weighted by molar-refractivity contribution is 1.50. The van der Waals surface area contributed by atoms with Gasteiger partial charge in [-0.25, -0.2) is 0 Å². The molecule has 0 aliphatic heterocycles. The van der Waals surface area contributed by atoms with Crippen molar-refractivity contribution in [3.8, 4) is 0 Å². The Bertz CT molecular complexity index is 492. The van der Waals surface area contributed by atoms with E-state index in [1.54, 1.807) is 0 Å². The van der Waals surface area contributed by atoms with Crippen LogP contribution in [0.5, 0.6) is 0 Å². The molecule has 136 valence electrons. The molecule has 0 saturated heterocycles. The molecule has 3 rings (SSSR count). The van der Waals surface area contributed by atoms with Crippen molar-refractivity contribution >= 4 is 47.8 Å². The van der Waals surface area contributed by atoms with Crippen LogP contribution < -0.4 is 0 Å². The van der Waals surface area contributed by atoms with Crippen LogP contribution in [0.25, 0.3) is 0 Å². The Kier molecular flexibility index (Phi) is 22.3. The third kappa shape index (κ3) is 19.3. The summed E-state index contributed by atoms with van der Waals surface area (Å²) >= 11 is 9.93. The van der Waals surface area contributed by atoms with Crippen LogP contribution in [0.4, 0.5) is 0 Å². The Morgan fingerprint density at radius 2 is 0.520 bits per heavy atom. The zero-order valence-corrected chi connectivity index (χ0v) is 20.1. The minimum Gasteiger partial charge on any atom is -0.0683 e. The summed E-state index contributed by atoms with van der Waals surface area (Å²) in [6.45, 7) is 8.00. The summed E-state index contributed by atoms with van der Waals surface area (Å²) in [6, 6.07) is 29.9. The largest absolute Gasteiger partial charge is 0.0683 e. The lowest BCUT2D eigenvalue weighted by Crippen LogP contribution is -1.55. The average molecular weight is 531 g/mol. The van der Waals surface area contributed by atoms with Crippen molar-refractivity contribution in [2.75, 3.05) is 0 Å². The Balaban J connectivity index is 0. The molecule has 0 bridgehead atoms. The van der Waals surface area contributed by atoms with Crippen LogP contribution in [0.1, 0.15) is 27.7 Å². The first-order valence-electron chi connectivity index (χ1n) is 8.30. The van der Waals surface area contributed by atoms with E-state index in [2.05, 4.69) is 47.8 Å². The number of hydrogen-bond donors (Lipinski definition) is 0. The van der Waals surface area contributed by atoms with Gasteiger partial charge in [-0.05, 0) is 36.4 Å². The molecule has 0 aliphatic rings. The van der Waals surface area contributed by atoms with Crippen LogP contribution in [0.15, 0.2) is 104 Å². The van der Waals surface area contributed by atoms with Gasteiger partial charge in [0.25, 0.3) is 0 Å². The molecule has 3 aromatic carbocycles. The number of halogens is 3. The molecule has 0 N–H and O–H groups in total. The standard InChI is InChI=1S/3C6H5Br.2C2H6/c3*7-6-4-2-1-3-5-6;2*1-2/h3*1-5H;2*1-2H3. The predicted molar refractivity (Wildman–Crippen MR) is 125 cm³/mol. The molecule has 0 amide bonds. The topological polar surface area (TPSA) is 0 Å². The minimum absolute atomic E-state index is 1.13. The van der Waals surface area contributed by atoms with Crippen molar-refractivity contribution in [1.82, 2.24) is 0 Å².